The first-order valence-corrected chi connectivity index (χ1v) is 12.4. The third-order valence-electron chi connectivity index (χ3n) is 7.58. The number of carbonyl (C=O) groups is 2. The molecule has 5 rings (SSSR count). The normalized spacial score (nSPS) is 22.6. The molecule has 0 spiro atoms. The van der Waals surface area contributed by atoms with E-state index < -0.39 is 6.04 Å². The van der Waals surface area contributed by atoms with E-state index in [4.69, 9.17) is 14.2 Å². The molecule has 2 aliphatic rings. The topological polar surface area (TPSA) is 80.9 Å². The zero-order chi connectivity index (χ0) is 25.2. The van der Waals surface area contributed by atoms with Crippen LogP contribution in [-0.2, 0) is 32.1 Å². The van der Waals surface area contributed by atoms with Gasteiger partial charge in [-0.1, -0.05) is 48.0 Å². The van der Waals surface area contributed by atoms with E-state index in [1.54, 1.807) is 7.11 Å². The van der Waals surface area contributed by atoms with Gasteiger partial charge in [0.1, 0.15) is 18.4 Å². The molecular formula is C29H32N2O5. The summed E-state index contributed by atoms with van der Waals surface area (Å²) in [7, 11) is 3.09. The maximum absolute atomic E-state index is 13.6. The highest BCUT2D eigenvalue weighted by molar-refractivity contribution is 5.92. The Bertz CT molecular complexity index is 1300. The molecule has 3 heterocycles. The van der Waals surface area contributed by atoms with E-state index >= 15 is 0 Å². The number of aromatic amines is 1. The van der Waals surface area contributed by atoms with Gasteiger partial charge in [-0.15, -0.1) is 0 Å². The molecule has 7 nitrogen and oxygen atoms in total. The number of esters is 2. The third kappa shape index (κ3) is 4.39. The molecule has 7 heteroatoms. The zero-order valence-electron chi connectivity index (χ0n) is 21.0. The van der Waals surface area contributed by atoms with Gasteiger partial charge in [-0.05, 0) is 42.5 Å². The number of aromatic nitrogens is 1. The summed E-state index contributed by atoms with van der Waals surface area (Å²) in [6.07, 6.45) is 3.63. The number of rotatable bonds is 6. The van der Waals surface area contributed by atoms with Crippen LogP contribution in [0.2, 0.25) is 0 Å². The number of H-pyrrole nitrogens is 1. The maximum Gasteiger partial charge on any atom is 0.324 e. The number of benzene rings is 2. The number of hydrogen-bond donors (Lipinski definition) is 1. The van der Waals surface area contributed by atoms with E-state index in [1.807, 2.05) is 55.5 Å². The van der Waals surface area contributed by atoms with E-state index in [0.29, 0.717) is 25.8 Å². The summed E-state index contributed by atoms with van der Waals surface area (Å²) in [5.74, 6) is 0.372. The lowest BCUT2D eigenvalue weighted by molar-refractivity contribution is -0.154. The van der Waals surface area contributed by atoms with Crippen molar-refractivity contribution >= 4 is 22.8 Å². The van der Waals surface area contributed by atoms with E-state index in [-0.39, 0.29) is 30.5 Å². The number of nitrogens with one attached hydrogen (secondary N) is 1. The molecule has 188 valence electrons. The summed E-state index contributed by atoms with van der Waals surface area (Å²) in [6.45, 7) is 2.83. The zero-order valence-corrected chi connectivity index (χ0v) is 21.0. The second-order valence-electron chi connectivity index (χ2n) is 9.48. The van der Waals surface area contributed by atoms with Crippen LogP contribution in [0.25, 0.3) is 10.9 Å². The highest BCUT2D eigenvalue weighted by atomic mass is 16.5. The van der Waals surface area contributed by atoms with Crippen molar-refractivity contribution in [2.24, 2.45) is 5.92 Å². The molecule has 0 unspecified atom stereocenters. The van der Waals surface area contributed by atoms with Crippen molar-refractivity contribution in [1.82, 2.24) is 9.88 Å². The van der Waals surface area contributed by atoms with E-state index in [1.165, 1.54) is 7.11 Å². The fraction of sp³-hybridized carbons (Fsp3) is 0.379. The largest absolute Gasteiger partial charge is 0.496 e. The molecule has 2 aromatic carbocycles. The SMILES string of the molecule is C/C=C1/CN2[C@@H](C(=O)OCc3ccccc3)Cc3c([nH]c4cccc(OC)c34)[C@@H]2C[C@@H]1CC(=O)OC. The first kappa shape index (κ1) is 24.1. The Morgan fingerprint density at radius 3 is 2.64 bits per heavy atom. The van der Waals surface area contributed by atoms with Crippen LogP contribution in [0.3, 0.4) is 0 Å². The summed E-state index contributed by atoms with van der Waals surface area (Å²) >= 11 is 0. The van der Waals surface area contributed by atoms with Crippen molar-refractivity contribution in [2.45, 2.75) is 44.9 Å². The van der Waals surface area contributed by atoms with Gasteiger partial charge in [0.25, 0.3) is 0 Å². The van der Waals surface area contributed by atoms with Crippen molar-refractivity contribution in [2.75, 3.05) is 20.8 Å². The molecule has 0 bridgehead atoms. The molecule has 1 saturated heterocycles. The Morgan fingerprint density at radius 2 is 1.92 bits per heavy atom. The third-order valence-corrected chi connectivity index (χ3v) is 7.58. The van der Waals surface area contributed by atoms with E-state index in [2.05, 4.69) is 16.0 Å². The van der Waals surface area contributed by atoms with Crippen molar-refractivity contribution in [1.29, 1.82) is 0 Å². The van der Waals surface area contributed by atoms with Crippen LogP contribution < -0.4 is 4.74 Å². The van der Waals surface area contributed by atoms with Gasteiger partial charge < -0.3 is 19.2 Å². The predicted octanol–water partition coefficient (Wildman–Crippen LogP) is 4.72. The minimum atomic E-state index is -0.441. The summed E-state index contributed by atoms with van der Waals surface area (Å²) in [4.78, 5) is 31.6. The van der Waals surface area contributed by atoms with Gasteiger partial charge in [0.2, 0.25) is 0 Å². The average molecular weight is 489 g/mol. The standard InChI is InChI=1S/C29H32N2O5/c1-4-19-16-31-23(13-20(19)14-26(32)35-3)28-21(27-22(30-28)11-8-12-25(27)34-2)15-24(31)29(33)36-17-18-9-6-5-7-10-18/h4-12,20,23-24,30H,13-17H2,1-3H3/b19-4-/t20-,23+,24-/m1/s1. The van der Waals surface area contributed by atoms with E-state index in [9.17, 15) is 9.59 Å². The Morgan fingerprint density at radius 1 is 1.11 bits per heavy atom. The first-order chi connectivity index (χ1) is 17.5. The summed E-state index contributed by atoms with van der Waals surface area (Å²) in [5, 5.41) is 1.01. The molecule has 0 aliphatic carbocycles. The molecule has 0 amide bonds. The number of carbonyl (C=O) groups excluding carboxylic acids is 2. The average Bonchev–Trinajstić information content (AvgIpc) is 3.30. The molecule has 2 aliphatic heterocycles. The van der Waals surface area contributed by atoms with Crippen LogP contribution in [0.1, 0.15) is 42.6 Å². The minimum absolute atomic E-state index is 0.0453. The molecule has 1 N–H and O–H groups in total. The summed E-state index contributed by atoms with van der Waals surface area (Å²) in [6, 6.07) is 15.2. The number of piperidine rings is 1. The lowest BCUT2D eigenvalue weighted by atomic mass is 9.78. The Labute approximate surface area is 211 Å². The van der Waals surface area contributed by atoms with Crippen LogP contribution in [0.4, 0.5) is 0 Å². The van der Waals surface area contributed by atoms with E-state index in [0.717, 1.165) is 39.0 Å². The molecular weight excluding hydrogens is 456 g/mol. The molecule has 1 aromatic heterocycles. The van der Waals surface area contributed by atoms with Crippen molar-refractivity contribution in [3.05, 3.63) is 77.0 Å². The highest BCUT2D eigenvalue weighted by Gasteiger charge is 2.45. The quantitative estimate of drug-likeness (QED) is 0.400. The fourth-order valence-corrected chi connectivity index (χ4v) is 5.77. The molecule has 3 atom stereocenters. The van der Waals surface area contributed by atoms with Gasteiger partial charge in [-0.3, -0.25) is 14.5 Å². The van der Waals surface area contributed by atoms with Crippen LogP contribution in [0.15, 0.2) is 60.2 Å². The van der Waals surface area contributed by atoms with Gasteiger partial charge in [0.15, 0.2) is 0 Å². The van der Waals surface area contributed by atoms with Gasteiger partial charge in [0.05, 0.1) is 26.7 Å². The van der Waals surface area contributed by atoms with Crippen LogP contribution >= 0.6 is 0 Å². The summed E-state index contributed by atoms with van der Waals surface area (Å²) < 4.78 is 16.5. The number of methoxy groups -OCH3 is 2. The number of allylic oxidation sites excluding steroid dienone is 1. The smallest absolute Gasteiger partial charge is 0.324 e. The van der Waals surface area contributed by atoms with Crippen molar-refractivity contribution in [3.8, 4) is 5.75 Å². The minimum Gasteiger partial charge on any atom is -0.496 e. The van der Waals surface area contributed by atoms with Gasteiger partial charge in [0, 0.05) is 29.6 Å². The lowest BCUT2D eigenvalue weighted by Crippen LogP contribution is -2.52. The first-order valence-electron chi connectivity index (χ1n) is 12.4. The molecule has 0 saturated carbocycles. The number of ether oxygens (including phenoxy) is 3. The number of hydrogen-bond acceptors (Lipinski definition) is 6. The van der Waals surface area contributed by atoms with Crippen LogP contribution in [-0.4, -0.2) is 48.6 Å². The van der Waals surface area contributed by atoms with Crippen LogP contribution in [0, 0.1) is 5.92 Å². The second kappa shape index (κ2) is 10.2. The molecule has 36 heavy (non-hydrogen) atoms. The molecule has 1 fully saturated rings. The number of nitrogens with zero attached hydrogens (tertiary/aromatic N) is 1. The monoisotopic (exact) mass is 488 g/mol. The predicted molar refractivity (Wildman–Crippen MR) is 137 cm³/mol. The summed E-state index contributed by atoms with van der Waals surface area (Å²) in [5.41, 5.74) is 5.27. The van der Waals surface area contributed by atoms with Crippen molar-refractivity contribution < 1.29 is 23.8 Å². The molecule has 3 aromatic rings. The maximum atomic E-state index is 13.6. The van der Waals surface area contributed by atoms with Gasteiger partial charge in [-0.25, -0.2) is 0 Å². The Balaban J connectivity index is 1.53. The van der Waals surface area contributed by atoms with Gasteiger partial charge in [-0.2, -0.15) is 0 Å². The Kier molecular flexibility index (Phi) is 6.83. The van der Waals surface area contributed by atoms with Crippen molar-refractivity contribution in [3.63, 3.8) is 0 Å². The van der Waals surface area contributed by atoms with Crippen LogP contribution in [0.5, 0.6) is 5.75 Å². The Hall–Kier alpha value is -3.58. The lowest BCUT2D eigenvalue weighted by Gasteiger charge is -2.46. The van der Waals surface area contributed by atoms with Gasteiger partial charge >= 0.3 is 11.9 Å². The molecule has 0 radical (unpaired) electrons. The fourth-order valence-electron chi connectivity index (χ4n) is 5.77. The number of fused-ring (bicyclic) bond motifs is 5. The second-order valence-corrected chi connectivity index (χ2v) is 9.48. The highest BCUT2D eigenvalue weighted by Crippen LogP contribution is 2.47.